The number of rotatable bonds is 3. The van der Waals surface area contributed by atoms with Gasteiger partial charge in [-0.2, -0.15) is 0 Å². The summed E-state index contributed by atoms with van der Waals surface area (Å²) in [5, 5.41) is 15.4. The number of halogens is 2. The third-order valence-electron chi connectivity index (χ3n) is 2.84. The molecule has 2 rings (SSSR count). The molecule has 0 aliphatic rings. The van der Waals surface area contributed by atoms with Crippen molar-refractivity contribution in [3.63, 3.8) is 0 Å². The van der Waals surface area contributed by atoms with Gasteiger partial charge in [0.05, 0.1) is 5.71 Å². The number of oxime groups is 1. The Balaban J connectivity index is 2.16. The maximum Gasteiger partial charge on any atom is 0.255 e. The summed E-state index contributed by atoms with van der Waals surface area (Å²) in [4.78, 5) is 12.1. The molecule has 0 radical (unpaired) electrons. The van der Waals surface area contributed by atoms with E-state index in [0.717, 1.165) is 5.56 Å². The lowest BCUT2D eigenvalue weighted by atomic mass is 10.1. The molecule has 0 aliphatic carbocycles. The van der Waals surface area contributed by atoms with Crippen LogP contribution in [0.1, 0.15) is 22.8 Å². The normalized spacial score (nSPS) is 11.3. The molecule has 0 saturated carbocycles. The van der Waals surface area contributed by atoms with Crippen molar-refractivity contribution >= 4 is 40.5 Å². The van der Waals surface area contributed by atoms with E-state index >= 15 is 0 Å². The molecule has 0 aromatic heterocycles. The summed E-state index contributed by atoms with van der Waals surface area (Å²) in [6.45, 7) is 1.68. The Kier molecular flexibility index (Phi) is 4.83. The molecule has 4 nitrogen and oxygen atoms in total. The van der Waals surface area contributed by atoms with Gasteiger partial charge in [-0.15, -0.1) is 0 Å². The van der Waals surface area contributed by atoms with Crippen LogP contribution in [-0.2, 0) is 0 Å². The van der Waals surface area contributed by atoms with Gasteiger partial charge in [-0.25, -0.2) is 0 Å². The van der Waals surface area contributed by atoms with Crippen molar-refractivity contribution in [1.29, 1.82) is 0 Å². The van der Waals surface area contributed by atoms with Gasteiger partial charge in [-0.05, 0) is 42.8 Å². The Morgan fingerprint density at radius 1 is 1.05 bits per heavy atom. The SMILES string of the molecule is C/C(=N\O)c1ccc(NC(=O)c2cc(Cl)cc(Cl)c2)cc1. The Labute approximate surface area is 132 Å². The Bertz CT molecular complexity index is 677. The molecule has 0 unspecified atom stereocenters. The number of anilines is 1. The maximum atomic E-state index is 12.1. The van der Waals surface area contributed by atoms with Crippen LogP contribution in [0.5, 0.6) is 0 Å². The van der Waals surface area contributed by atoms with E-state index in [4.69, 9.17) is 28.4 Å². The Hall–Kier alpha value is -2.04. The van der Waals surface area contributed by atoms with Crippen molar-refractivity contribution in [2.45, 2.75) is 6.92 Å². The first-order valence-electron chi connectivity index (χ1n) is 6.06. The molecule has 108 valence electrons. The zero-order chi connectivity index (χ0) is 15.4. The number of benzene rings is 2. The predicted molar refractivity (Wildman–Crippen MR) is 84.9 cm³/mol. The summed E-state index contributed by atoms with van der Waals surface area (Å²) >= 11 is 11.7. The van der Waals surface area contributed by atoms with Crippen LogP contribution in [0.4, 0.5) is 5.69 Å². The first-order chi connectivity index (χ1) is 9.99. The number of nitrogens with one attached hydrogen (secondary N) is 1. The summed E-state index contributed by atoms with van der Waals surface area (Å²) < 4.78 is 0. The van der Waals surface area contributed by atoms with Gasteiger partial charge in [0, 0.05) is 21.3 Å². The number of hydrogen-bond donors (Lipinski definition) is 2. The number of amides is 1. The van der Waals surface area contributed by atoms with Gasteiger partial charge in [0.15, 0.2) is 0 Å². The molecular weight excluding hydrogens is 311 g/mol. The second-order valence-electron chi connectivity index (χ2n) is 4.38. The molecular formula is C15H12Cl2N2O2. The molecule has 0 bridgehead atoms. The van der Waals surface area contributed by atoms with Gasteiger partial charge >= 0.3 is 0 Å². The zero-order valence-electron chi connectivity index (χ0n) is 11.1. The quantitative estimate of drug-likeness (QED) is 0.498. The first-order valence-corrected chi connectivity index (χ1v) is 6.82. The van der Waals surface area contributed by atoms with Crippen LogP contribution in [0.3, 0.4) is 0 Å². The van der Waals surface area contributed by atoms with Gasteiger partial charge in [0.2, 0.25) is 0 Å². The van der Waals surface area contributed by atoms with E-state index in [1.807, 2.05) is 0 Å². The summed E-state index contributed by atoms with van der Waals surface area (Å²) in [5.74, 6) is -0.306. The van der Waals surface area contributed by atoms with Crippen molar-refractivity contribution < 1.29 is 10.0 Å². The highest BCUT2D eigenvalue weighted by molar-refractivity contribution is 6.35. The van der Waals surface area contributed by atoms with Crippen LogP contribution in [0.25, 0.3) is 0 Å². The van der Waals surface area contributed by atoms with Gasteiger partial charge < -0.3 is 10.5 Å². The fourth-order valence-corrected chi connectivity index (χ4v) is 2.27. The van der Waals surface area contributed by atoms with E-state index in [-0.39, 0.29) is 5.91 Å². The van der Waals surface area contributed by atoms with Crippen molar-refractivity contribution in [2.75, 3.05) is 5.32 Å². The second kappa shape index (κ2) is 6.61. The second-order valence-corrected chi connectivity index (χ2v) is 5.25. The Morgan fingerprint density at radius 3 is 2.14 bits per heavy atom. The molecule has 2 aromatic carbocycles. The highest BCUT2D eigenvalue weighted by Gasteiger charge is 2.08. The summed E-state index contributed by atoms with van der Waals surface area (Å²) in [6, 6.07) is 11.6. The molecule has 6 heteroatoms. The van der Waals surface area contributed by atoms with Crippen LogP contribution in [0.2, 0.25) is 10.0 Å². The van der Waals surface area contributed by atoms with Gasteiger partial charge in [-0.3, -0.25) is 4.79 Å². The van der Waals surface area contributed by atoms with Crippen LogP contribution < -0.4 is 5.32 Å². The lowest BCUT2D eigenvalue weighted by Gasteiger charge is -2.07. The van der Waals surface area contributed by atoms with E-state index in [0.29, 0.717) is 27.0 Å². The van der Waals surface area contributed by atoms with Crippen molar-refractivity contribution in [2.24, 2.45) is 5.16 Å². The molecule has 2 aromatic rings. The summed E-state index contributed by atoms with van der Waals surface area (Å²) in [7, 11) is 0. The van der Waals surface area contributed by atoms with E-state index in [2.05, 4.69) is 10.5 Å². The minimum atomic E-state index is -0.306. The van der Waals surface area contributed by atoms with E-state index in [1.54, 1.807) is 49.4 Å². The number of carbonyl (C=O) groups is 1. The number of hydrogen-bond acceptors (Lipinski definition) is 3. The molecule has 0 heterocycles. The fraction of sp³-hybridized carbons (Fsp3) is 0.0667. The van der Waals surface area contributed by atoms with E-state index < -0.39 is 0 Å². The average molecular weight is 323 g/mol. The van der Waals surface area contributed by atoms with Crippen LogP contribution >= 0.6 is 23.2 Å². The Morgan fingerprint density at radius 2 is 1.62 bits per heavy atom. The highest BCUT2D eigenvalue weighted by atomic mass is 35.5. The van der Waals surface area contributed by atoms with Crippen molar-refractivity contribution in [3.05, 3.63) is 63.6 Å². The van der Waals surface area contributed by atoms with Crippen LogP contribution in [0.15, 0.2) is 47.6 Å². The standard InChI is InChI=1S/C15H12Cl2N2O2/c1-9(19-21)10-2-4-14(5-3-10)18-15(20)11-6-12(16)8-13(17)7-11/h2-8,21H,1H3,(H,18,20)/b19-9+. The number of carbonyl (C=O) groups excluding carboxylic acids is 1. The molecule has 0 aliphatic heterocycles. The number of nitrogens with zero attached hydrogens (tertiary/aromatic N) is 1. The van der Waals surface area contributed by atoms with Crippen molar-refractivity contribution in [1.82, 2.24) is 0 Å². The zero-order valence-corrected chi connectivity index (χ0v) is 12.6. The monoisotopic (exact) mass is 322 g/mol. The summed E-state index contributed by atoms with van der Waals surface area (Å²) in [5.41, 5.74) is 2.26. The van der Waals surface area contributed by atoms with Gasteiger partial charge in [-0.1, -0.05) is 40.5 Å². The lowest BCUT2D eigenvalue weighted by molar-refractivity contribution is 0.102. The molecule has 0 saturated heterocycles. The highest BCUT2D eigenvalue weighted by Crippen LogP contribution is 2.20. The molecule has 2 N–H and O–H groups in total. The summed E-state index contributed by atoms with van der Waals surface area (Å²) in [6.07, 6.45) is 0. The molecule has 0 fully saturated rings. The predicted octanol–water partition coefficient (Wildman–Crippen LogP) is 4.44. The third-order valence-corrected chi connectivity index (χ3v) is 3.27. The van der Waals surface area contributed by atoms with Crippen LogP contribution in [-0.4, -0.2) is 16.8 Å². The average Bonchev–Trinajstić information content (AvgIpc) is 2.46. The maximum absolute atomic E-state index is 12.1. The van der Waals surface area contributed by atoms with Gasteiger partial charge in [0.1, 0.15) is 0 Å². The van der Waals surface area contributed by atoms with Crippen LogP contribution in [0, 0.1) is 0 Å². The third kappa shape index (κ3) is 3.97. The van der Waals surface area contributed by atoms with Gasteiger partial charge in [0.25, 0.3) is 5.91 Å². The molecule has 21 heavy (non-hydrogen) atoms. The molecule has 1 amide bonds. The topological polar surface area (TPSA) is 61.7 Å². The largest absolute Gasteiger partial charge is 0.411 e. The molecule has 0 spiro atoms. The lowest BCUT2D eigenvalue weighted by Crippen LogP contribution is -2.12. The van der Waals surface area contributed by atoms with E-state index in [1.165, 1.54) is 0 Å². The fourth-order valence-electron chi connectivity index (χ4n) is 1.74. The molecule has 0 atom stereocenters. The first kappa shape index (κ1) is 15.4. The minimum absolute atomic E-state index is 0.306. The van der Waals surface area contributed by atoms with Crippen molar-refractivity contribution in [3.8, 4) is 0 Å². The smallest absolute Gasteiger partial charge is 0.255 e. The minimum Gasteiger partial charge on any atom is -0.411 e. The van der Waals surface area contributed by atoms with E-state index in [9.17, 15) is 4.79 Å².